The number of rotatable bonds is 5. The lowest BCUT2D eigenvalue weighted by Crippen LogP contribution is -2.04. The van der Waals surface area contributed by atoms with Gasteiger partial charge in [0.05, 0.1) is 6.61 Å². The second-order valence-electron chi connectivity index (χ2n) is 4.51. The molecular formula is C16H18BrNO. The number of nitrogens with one attached hydrogen (secondary N) is 1. The Hall–Kier alpha value is -1.32. The molecule has 0 unspecified atom stereocenters. The zero-order valence-electron chi connectivity index (χ0n) is 11.2. The second kappa shape index (κ2) is 6.73. The van der Waals surface area contributed by atoms with Crippen molar-refractivity contribution in [3.05, 3.63) is 63.6 Å². The number of aryl methyl sites for hydroxylation is 1. The van der Waals surface area contributed by atoms with Crippen LogP contribution in [0.3, 0.4) is 0 Å². The van der Waals surface area contributed by atoms with Crippen LogP contribution in [0.2, 0.25) is 0 Å². The van der Waals surface area contributed by atoms with E-state index in [4.69, 9.17) is 4.74 Å². The van der Waals surface area contributed by atoms with E-state index in [0.717, 1.165) is 16.7 Å². The summed E-state index contributed by atoms with van der Waals surface area (Å²) in [5.74, 6) is 0. The molecule has 0 aliphatic heterocycles. The summed E-state index contributed by atoms with van der Waals surface area (Å²) in [5, 5.41) is 3.48. The Morgan fingerprint density at radius 2 is 1.84 bits per heavy atom. The average Bonchev–Trinajstić information content (AvgIpc) is 2.40. The Morgan fingerprint density at radius 3 is 2.53 bits per heavy atom. The first-order chi connectivity index (χ1) is 9.20. The van der Waals surface area contributed by atoms with Gasteiger partial charge in [0.15, 0.2) is 0 Å². The monoisotopic (exact) mass is 319 g/mol. The van der Waals surface area contributed by atoms with Gasteiger partial charge in [0.25, 0.3) is 0 Å². The summed E-state index contributed by atoms with van der Waals surface area (Å²) in [5.41, 5.74) is 4.90. The first-order valence-electron chi connectivity index (χ1n) is 6.26. The molecule has 3 heteroatoms. The maximum absolute atomic E-state index is 5.23. The van der Waals surface area contributed by atoms with Crippen molar-refractivity contribution in [2.75, 3.05) is 12.4 Å². The van der Waals surface area contributed by atoms with Gasteiger partial charge < -0.3 is 10.1 Å². The minimum absolute atomic E-state index is 0.650. The normalized spacial score (nSPS) is 10.5. The lowest BCUT2D eigenvalue weighted by atomic mass is 10.1. The van der Waals surface area contributed by atoms with Crippen molar-refractivity contribution in [1.29, 1.82) is 0 Å². The van der Waals surface area contributed by atoms with Crippen LogP contribution in [0.5, 0.6) is 0 Å². The molecule has 2 aromatic rings. The van der Waals surface area contributed by atoms with E-state index in [2.05, 4.69) is 64.6 Å². The highest BCUT2D eigenvalue weighted by Gasteiger charge is 2.03. The summed E-state index contributed by atoms with van der Waals surface area (Å²) < 4.78 is 6.33. The summed E-state index contributed by atoms with van der Waals surface area (Å²) in [6.07, 6.45) is 0. The molecule has 2 nitrogen and oxygen atoms in total. The predicted molar refractivity (Wildman–Crippen MR) is 83.4 cm³/mol. The quantitative estimate of drug-likeness (QED) is 0.875. The van der Waals surface area contributed by atoms with Crippen LogP contribution in [0.1, 0.15) is 16.7 Å². The number of hydrogen-bond donors (Lipinski definition) is 1. The predicted octanol–water partition coefficient (Wildman–Crippen LogP) is 4.52. The Labute approximate surface area is 122 Å². The molecule has 0 aliphatic carbocycles. The number of methoxy groups -OCH3 is 1. The van der Waals surface area contributed by atoms with Crippen molar-refractivity contribution in [2.45, 2.75) is 20.1 Å². The third-order valence-electron chi connectivity index (χ3n) is 3.08. The first kappa shape index (κ1) is 14.1. The van der Waals surface area contributed by atoms with E-state index in [9.17, 15) is 0 Å². The zero-order chi connectivity index (χ0) is 13.7. The van der Waals surface area contributed by atoms with Crippen LogP contribution in [0.4, 0.5) is 5.69 Å². The van der Waals surface area contributed by atoms with Crippen LogP contribution < -0.4 is 5.32 Å². The largest absolute Gasteiger partial charge is 0.381 e. The number of benzene rings is 2. The summed E-state index contributed by atoms with van der Waals surface area (Å²) in [6, 6.07) is 14.6. The van der Waals surface area contributed by atoms with Gasteiger partial charge in [-0.25, -0.2) is 0 Å². The Bertz CT molecular complexity index is 554. The van der Waals surface area contributed by atoms with Gasteiger partial charge in [0.2, 0.25) is 0 Å². The van der Waals surface area contributed by atoms with E-state index in [0.29, 0.717) is 6.61 Å². The first-order valence-corrected chi connectivity index (χ1v) is 7.05. The minimum Gasteiger partial charge on any atom is -0.381 e. The third kappa shape index (κ3) is 3.82. The molecule has 0 saturated heterocycles. The van der Waals surface area contributed by atoms with E-state index in [1.54, 1.807) is 7.11 Å². The molecule has 0 saturated carbocycles. The number of anilines is 1. The highest BCUT2D eigenvalue weighted by atomic mass is 79.9. The molecular weight excluding hydrogens is 302 g/mol. The molecule has 0 atom stereocenters. The van der Waals surface area contributed by atoms with E-state index < -0.39 is 0 Å². The fourth-order valence-corrected chi connectivity index (χ4v) is 2.52. The fourth-order valence-electron chi connectivity index (χ4n) is 2.04. The van der Waals surface area contributed by atoms with Crippen molar-refractivity contribution < 1.29 is 4.74 Å². The van der Waals surface area contributed by atoms with E-state index >= 15 is 0 Å². The molecule has 0 heterocycles. The van der Waals surface area contributed by atoms with E-state index in [1.165, 1.54) is 16.7 Å². The SMILES string of the molecule is COCc1ccccc1CNc1ccc(Br)cc1C. The fraction of sp³-hybridized carbons (Fsp3) is 0.250. The Balaban J connectivity index is 2.10. The number of ether oxygens (including phenoxy) is 1. The summed E-state index contributed by atoms with van der Waals surface area (Å²) in [6.45, 7) is 3.56. The highest BCUT2D eigenvalue weighted by molar-refractivity contribution is 9.10. The molecule has 2 aromatic carbocycles. The molecule has 0 aliphatic rings. The maximum atomic E-state index is 5.23. The maximum Gasteiger partial charge on any atom is 0.0716 e. The molecule has 0 radical (unpaired) electrons. The van der Waals surface area contributed by atoms with Crippen molar-refractivity contribution in [1.82, 2.24) is 0 Å². The molecule has 100 valence electrons. The third-order valence-corrected chi connectivity index (χ3v) is 3.57. The number of halogens is 1. The standard InChI is InChI=1S/C16H18BrNO/c1-12-9-15(17)7-8-16(12)18-10-13-5-3-4-6-14(13)11-19-2/h3-9,18H,10-11H2,1-2H3. The lowest BCUT2D eigenvalue weighted by molar-refractivity contribution is 0.184. The van der Waals surface area contributed by atoms with Gasteiger partial charge in [-0.1, -0.05) is 40.2 Å². The highest BCUT2D eigenvalue weighted by Crippen LogP contribution is 2.21. The summed E-state index contributed by atoms with van der Waals surface area (Å²) in [7, 11) is 1.73. The van der Waals surface area contributed by atoms with Gasteiger partial charge >= 0.3 is 0 Å². The van der Waals surface area contributed by atoms with Gasteiger partial charge in [0, 0.05) is 23.8 Å². The molecule has 19 heavy (non-hydrogen) atoms. The van der Waals surface area contributed by atoms with Crippen molar-refractivity contribution in [3.63, 3.8) is 0 Å². The lowest BCUT2D eigenvalue weighted by Gasteiger charge is -2.13. The van der Waals surface area contributed by atoms with Crippen LogP contribution >= 0.6 is 15.9 Å². The van der Waals surface area contributed by atoms with Gasteiger partial charge in [-0.15, -0.1) is 0 Å². The van der Waals surface area contributed by atoms with Crippen LogP contribution in [0.15, 0.2) is 46.9 Å². The van der Waals surface area contributed by atoms with Gasteiger partial charge in [-0.2, -0.15) is 0 Å². The van der Waals surface area contributed by atoms with E-state index in [-0.39, 0.29) is 0 Å². The average molecular weight is 320 g/mol. The molecule has 0 amide bonds. The molecule has 1 N–H and O–H groups in total. The minimum atomic E-state index is 0.650. The summed E-state index contributed by atoms with van der Waals surface area (Å²) in [4.78, 5) is 0. The Morgan fingerprint density at radius 1 is 1.11 bits per heavy atom. The van der Waals surface area contributed by atoms with Crippen molar-refractivity contribution >= 4 is 21.6 Å². The van der Waals surface area contributed by atoms with Gasteiger partial charge in [-0.05, 0) is 41.8 Å². The van der Waals surface area contributed by atoms with Crippen LogP contribution in [0.25, 0.3) is 0 Å². The van der Waals surface area contributed by atoms with Crippen LogP contribution in [0, 0.1) is 6.92 Å². The molecule has 0 fully saturated rings. The molecule has 0 aromatic heterocycles. The van der Waals surface area contributed by atoms with Crippen molar-refractivity contribution in [2.24, 2.45) is 0 Å². The molecule has 0 bridgehead atoms. The zero-order valence-corrected chi connectivity index (χ0v) is 12.8. The van der Waals surface area contributed by atoms with Gasteiger partial charge in [-0.3, -0.25) is 0 Å². The molecule has 2 rings (SSSR count). The van der Waals surface area contributed by atoms with Crippen molar-refractivity contribution in [3.8, 4) is 0 Å². The Kier molecular flexibility index (Phi) is 5.00. The second-order valence-corrected chi connectivity index (χ2v) is 5.43. The van der Waals surface area contributed by atoms with E-state index in [1.807, 2.05) is 6.07 Å². The van der Waals surface area contributed by atoms with Crippen LogP contribution in [-0.4, -0.2) is 7.11 Å². The molecule has 0 spiro atoms. The van der Waals surface area contributed by atoms with Gasteiger partial charge in [0.1, 0.15) is 0 Å². The topological polar surface area (TPSA) is 21.3 Å². The van der Waals surface area contributed by atoms with Crippen LogP contribution in [-0.2, 0) is 17.9 Å². The number of hydrogen-bond acceptors (Lipinski definition) is 2. The smallest absolute Gasteiger partial charge is 0.0716 e. The summed E-state index contributed by atoms with van der Waals surface area (Å²) >= 11 is 3.48.